The third-order valence-corrected chi connectivity index (χ3v) is 5.82. The lowest BCUT2D eigenvalue weighted by Crippen LogP contribution is -2.16. The average Bonchev–Trinajstić information content (AvgIpc) is 3.30. The van der Waals surface area contributed by atoms with E-state index in [0.717, 1.165) is 39.7 Å². The van der Waals surface area contributed by atoms with Crippen LogP contribution in [0, 0.1) is 12.8 Å². The zero-order valence-corrected chi connectivity index (χ0v) is 17.8. The summed E-state index contributed by atoms with van der Waals surface area (Å²) in [5, 5.41) is 3.55. The van der Waals surface area contributed by atoms with Gasteiger partial charge < -0.3 is 5.32 Å². The van der Waals surface area contributed by atoms with E-state index in [1.54, 1.807) is 24.7 Å². The van der Waals surface area contributed by atoms with Gasteiger partial charge in [-0.05, 0) is 37.5 Å². The molecule has 1 aliphatic rings. The van der Waals surface area contributed by atoms with E-state index < -0.39 is 12.1 Å². The van der Waals surface area contributed by atoms with Crippen LogP contribution in [-0.2, 0) is 4.79 Å². The molecule has 7 nitrogen and oxygen atoms in total. The smallest absolute Gasteiger partial charge is 0.231 e. The number of fused-ring (bicyclic) bond motifs is 3. The van der Waals surface area contributed by atoms with Gasteiger partial charge in [0.15, 0.2) is 5.78 Å². The Bertz CT molecular complexity index is 1380. The van der Waals surface area contributed by atoms with Crippen molar-refractivity contribution in [2.24, 2.45) is 5.92 Å². The molecule has 32 heavy (non-hydrogen) atoms. The van der Waals surface area contributed by atoms with E-state index in [4.69, 9.17) is 0 Å². The van der Waals surface area contributed by atoms with Gasteiger partial charge in [0.1, 0.15) is 23.3 Å². The molecular weight excluding hydrogens is 409 g/mol. The molecule has 2 atom stereocenters. The maximum atomic E-state index is 13.2. The summed E-state index contributed by atoms with van der Waals surface area (Å²) in [5.41, 5.74) is 4.71. The van der Waals surface area contributed by atoms with E-state index in [1.165, 1.54) is 0 Å². The van der Waals surface area contributed by atoms with Crippen LogP contribution < -0.4 is 5.32 Å². The number of nitrogens with zero attached hydrogens (tertiary/aromatic N) is 4. The van der Waals surface area contributed by atoms with E-state index in [1.807, 2.05) is 36.6 Å². The number of hydrogen-bond donors (Lipinski definition) is 1. The number of hydrogen-bond acceptors (Lipinski definition) is 5. The van der Waals surface area contributed by atoms with Crippen LogP contribution in [0.1, 0.15) is 42.2 Å². The van der Waals surface area contributed by atoms with Crippen LogP contribution in [0.3, 0.4) is 0 Å². The summed E-state index contributed by atoms with van der Waals surface area (Å²) in [6.45, 7) is 3.92. The summed E-state index contributed by atoms with van der Waals surface area (Å²) in [4.78, 5) is 37.6. The van der Waals surface area contributed by atoms with Crippen molar-refractivity contribution in [3.05, 3.63) is 54.2 Å². The molecule has 0 aromatic carbocycles. The van der Waals surface area contributed by atoms with Crippen molar-refractivity contribution >= 4 is 34.1 Å². The molecule has 8 heteroatoms. The number of carbonyl (C=O) groups is 2. The first-order valence-electron chi connectivity index (χ1n) is 10.7. The Morgan fingerprint density at radius 3 is 2.69 bits per heavy atom. The minimum absolute atomic E-state index is 0.0377. The number of pyridine rings is 3. The predicted molar refractivity (Wildman–Crippen MR) is 119 cm³/mol. The molecule has 1 N–H and O–H groups in total. The summed E-state index contributed by atoms with van der Waals surface area (Å²) in [6, 6.07) is 5.56. The minimum Gasteiger partial charge on any atom is -0.310 e. The van der Waals surface area contributed by atoms with Crippen molar-refractivity contribution in [2.75, 3.05) is 5.32 Å². The fourth-order valence-electron chi connectivity index (χ4n) is 3.96. The molecule has 1 fully saturated rings. The number of carbonyl (C=O) groups excluding carboxylic acids is 2. The van der Waals surface area contributed by atoms with Gasteiger partial charge in [-0.1, -0.05) is 6.92 Å². The van der Waals surface area contributed by atoms with Gasteiger partial charge in [0, 0.05) is 53.8 Å². The number of alkyl halides is 1. The summed E-state index contributed by atoms with van der Waals surface area (Å²) < 4.78 is 15.1. The number of amides is 1. The normalized spacial score (nSPS) is 17.6. The molecule has 0 spiro atoms. The fraction of sp³-hybridized carbons (Fsp3) is 0.292. The molecule has 5 rings (SSSR count). The molecule has 4 aromatic rings. The third kappa shape index (κ3) is 3.51. The van der Waals surface area contributed by atoms with Crippen molar-refractivity contribution in [1.82, 2.24) is 19.4 Å². The molecule has 1 aliphatic carbocycles. The van der Waals surface area contributed by atoms with Crippen LogP contribution in [0.4, 0.5) is 10.2 Å². The Balaban J connectivity index is 1.56. The van der Waals surface area contributed by atoms with Crippen molar-refractivity contribution < 1.29 is 14.0 Å². The number of aromatic nitrogens is 4. The molecule has 162 valence electrons. The van der Waals surface area contributed by atoms with Crippen molar-refractivity contribution in [3.8, 4) is 11.1 Å². The highest BCUT2D eigenvalue weighted by Gasteiger charge is 2.43. The Kier molecular flexibility index (Phi) is 4.92. The second-order valence-corrected chi connectivity index (χ2v) is 8.21. The number of rotatable bonds is 6. The lowest BCUT2D eigenvalue weighted by molar-refractivity contribution is -0.117. The Morgan fingerprint density at radius 1 is 1.16 bits per heavy atom. The van der Waals surface area contributed by atoms with Gasteiger partial charge in [-0.25, -0.2) is 14.4 Å². The lowest BCUT2D eigenvalue weighted by atomic mass is 10.0. The molecule has 0 saturated heterocycles. The summed E-state index contributed by atoms with van der Waals surface area (Å²) >= 11 is 0. The van der Waals surface area contributed by atoms with E-state index in [-0.39, 0.29) is 18.1 Å². The standard InChI is InChI=1S/C24H22FN5O2/c1-3-4-21(31)19-7-13(2)17(12-27-19)15-8-14-11-28-22(29-24(32)16-9-18(16)25)10-20(14)30-6-5-26-23(15)30/h5-8,10-12,16,18H,3-4,9H2,1-2H3,(H,28,29,32). The largest absolute Gasteiger partial charge is 0.310 e. The minimum atomic E-state index is -1.06. The van der Waals surface area contributed by atoms with Crippen LogP contribution >= 0.6 is 0 Å². The predicted octanol–water partition coefficient (Wildman–Crippen LogP) is 4.53. The second kappa shape index (κ2) is 7.78. The van der Waals surface area contributed by atoms with Crippen LogP contribution in [-0.4, -0.2) is 37.2 Å². The van der Waals surface area contributed by atoms with E-state index in [0.29, 0.717) is 17.9 Å². The zero-order valence-electron chi connectivity index (χ0n) is 17.8. The van der Waals surface area contributed by atoms with Crippen LogP contribution in [0.5, 0.6) is 0 Å². The number of Topliss-reactive ketones (excluding diaryl/α,β-unsaturated/α-hetero) is 1. The first-order valence-corrected chi connectivity index (χ1v) is 10.7. The first-order chi connectivity index (χ1) is 15.5. The van der Waals surface area contributed by atoms with Gasteiger partial charge in [-0.3, -0.25) is 19.0 Å². The SMILES string of the molecule is CCCC(=O)c1cc(C)c(-c2cc3cnc(NC(=O)C4CC4F)cc3n3ccnc23)cn1. The number of aryl methyl sites for hydroxylation is 1. The van der Waals surface area contributed by atoms with E-state index >= 15 is 0 Å². The van der Waals surface area contributed by atoms with Gasteiger partial charge in [-0.15, -0.1) is 0 Å². The van der Waals surface area contributed by atoms with Gasteiger partial charge in [0.25, 0.3) is 0 Å². The summed E-state index contributed by atoms with van der Waals surface area (Å²) in [7, 11) is 0. The van der Waals surface area contributed by atoms with Gasteiger partial charge in [0.05, 0.1) is 11.4 Å². The zero-order chi connectivity index (χ0) is 22.4. The first kappa shape index (κ1) is 20.2. The van der Waals surface area contributed by atoms with Crippen LogP contribution in [0.15, 0.2) is 43.0 Å². The summed E-state index contributed by atoms with van der Waals surface area (Å²) in [5.74, 6) is -0.510. The average molecular weight is 431 g/mol. The molecular formula is C24H22FN5O2. The maximum absolute atomic E-state index is 13.2. The molecule has 0 radical (unpaired) electrons. The second-order valence-electron chi connectivity index (χ2n) is 8.21. The number of anilines is 1. The van der Waals surface area contributed by atoms with Gasteiger partial charge >= 0.3 is 0 Å². The summed E-state index contributed by atoms with van der Waals surface area (Å²) in [6.07, 6.45) is 7.41. The highest BCUT2D eigenvalue weighted by atomic mass is 19.1. The highest BCUT2D eigenvalue weighted by Crippen LogP contribution is 2.35. The molecule has 0 aliphatic heterocycles. The number of ketones is 1. The molecule has 4 heterocycles. The number of nitrogens with one attached hydrogen (secondary N) is 1. The van der Waals surface area contributed by atoms with Crippen molar-refractivity contribution in [2.45, 2.75) is 39.3 Å². The quantitative estimate of drug-likeness (QED) is 0.453. The van der Waals surface area contributed by atoms with Crippen LogP contribution in [0.2, 0.25) is 0 Å². The Labute approximate surface area is 183 Å². The molecule has 0 bridgehead atoms. The van der Waals surface area contributed by atoms with Gasteiger partial charge in [0.2, 0.25) is 5.91 Å². The lowest BCUT2D eigenvalue weighted by Gasteiger charge is -2.12. The monoisotopic (exact) mass is 431 g/mol. The van der Waals surface area contributed by atoms with Gasteiger partial charge in [-0.2, -0.15) is 0 Å². The number of halogens is 1. The molecule has 1 amide bonds. The maximum Gasteiger partial charge on any atom is 0.231 e. The topological polar surface area (TPSA) is 89.2 Å². The van der Waals surface area contributed by atoms with Crippen LogP contribution in [0.25, 0.3) is 27.7 Å². The van der Waals surface area contributed by atoms with Crippen molar-refractivity contribution in [3.63, 3.8) is 0 Å². The van der Waals surface area contributed by atoms with E-state index in [2.05, 4.69) is 20.3 Å². The molecule has 4 aromatic heterocycles. The third-order valence-electron chi connectivity index (χ3n) is 5.82. The Hall–Kier alpha value is -3.68. The molecule has 2 unspecified atom stereocenters. The highest BCUT2D eigenvalue weighted by molar-refractivity contribution is 5.98. The fourth-order valence-corrected chi connectivity index (χ4v) is 3.96. The Morgan fingerprint density at radius 2 is 1.97 bits per heavy atom. The molecule has 1 saturated carbocycles. The van der Waals surface area contributed by atoms with E-state index in [9.17, 15) is 14.0 Å². The number of imidazole rings is 1. The van der Waals surface area contributed by atoms with Crippen molar-refractivity contribution in [1.29, 1.82) is 0 Å².